The molecule has 0 atom stereocenters. The van der Waals surface area contributed by atoms with E-state index in [9.17, 15) is 4.79 Å². The first-order valence-electron chi connectivity index (χ1n) is 10.8. The molecule has 0 aliphatic carbocycles. The van der Waals surface area contributed by atoms with E-state index >= 15 is 0 Å². The summed E-state index contributed by atoms with van der Waals surface area (Å²) in [5.74, 6) is 0.804. The number of fused-ring (bicyclic) bond motifs is 2. The summed E-state index contributed by atoms with van der Waals surface area (Å²) in [6.07, 6.45) is 3.52. The van der Waals surface area contributed by atoms with Gasteiger partial charge in [-0.05, 0) is 55.0 Å². The van der Waals surface area contributed by atoms with Gasteiger partial charge in [-0.2, -0.15) is 5.10 Å². The van der Waals surface area contributed by atoms with Crippen molar-refractivity contribution >= 4 is 38.9 Å². The van der Waals surface area contributed by atoms with Gasteiger partial charge in [0.1, 0.15) is 11.4 Å². The number of methoxy groups -OCH3 is 1. The van der Waals surface area contributed by atoms with E-state index in [0.29, 0.717) is 0 Å². The van der Waals surface area contributed by atoms with Gasteiger partial charge in [0.05, 0.1) is 29.4 Å². The molecule has 2 aromatic carbocycles. The molecule has 4 heterocycles. The standard InChI is InChI=1S/C27H20N4O2S/c1-15(32)25-8-9-26(34-25)19-4-3-5-22-20(19)12-24(29-22)27-21-11-16(6-7-23(21)30-31-27)17-10-18(33-2)14-28-13-17/h3-14,29H,1-2H3,(H,30,31). The van der Waals surface area contributed by atoms with Gasteiger partial charge < -0.3 is 9.72 Å². The van der Waals surface area contributed by atoms with Gasteiger partial charge >= 0.3 is 0 Å². The van der Waals surface area contributed by atoms with Gasteiger partial charge in [-0.25, -0.2) is 0 Å². The first-order chi connectivity index (χ1) is 16.6. The van der Waals surface area contributed by atoms with Crippen molar-refractivity contribution in [1.82, 2.24) is 20.2 Å². The smallest absolute Gasteiger partial charge is 0.169 e. The maximum atomic E-state index is 11.8. The third-order valence-electron chi connectivity index (χ3n) is 5.98. The van der Waals surface area contributed by atoms with E-state index in [4.69, 9.17) is 4.74 Å². The van der Waals surface area contributed by atoms with Crippen LogP contribution >= 0.6 is 11.3 Å². The Labute approximate surface area is 199 Å². The van der Waals surface area contributed by atoms with E-state index in [1.807, 2.05) is 42.6 Å². The minimum atomic E-state index is 0.0863. The van der Waals surface area contributed by atoms with Gasteiger partial charge in [0.25, 0.3) is 0 Å². The minimum Gasteiger partial charge on any atom is -0.495 e. The Morgan fingerprint density at radius 3 is 2.68 bits per heavy atom. The summed E-state index contributed by atoms with van der Waals surface area (Å²) in [5, 5.41) is 9.88. The van der Waals surface area contributed by atoms with Gasteiger partial charge in [0.2, 0.25) is 0 Å². The van der Waals surface area contributed by atoms with Crippen LogP contribution in [0.2, 0.25) is 0 Å². The number of aromatic nitrogens is 4. The maximum Gasteiger partial charge on any atom is 0.169 e. The van der Waals surface area contributed by atoms with E-state index in [2.05, 4.69) is 44.4 Å². The fourth-order valence-corrected chi connectivity index (χ4v) is 5.20. The molecule has 6 nitrogen and oxygen atoms in total. The largest absolute Gasteiger partial charge is 0.495 e. The van der Waals surface area contributed by atoms with Crippen molar-refractivity contribution in [3.05, 3.63) is 77.9 Å². The molecule has 34 heavy (non-hydrogen) atoms. The Bertz CT molecular complexity index is 1690. The first kappa shape index (κ1) is 20.4. The van der Waals surface area contributed by atoms with Crippen LogP contribution < -0.4 is 4.74 Å². The molecular formula is C27H20N4O2S. The third kappa shape index (κ3) is 3.38. The first-order valence-corrected chi connectivity index (χ1v) is 11.6. The molecule has 2 N–H and O–H groups in total. The van der Waals surface area contributed by atoms with Crippen molar-refractivity contribution in [2.45, 2.75) is 6.92 Å². The predicted molar refractivity (Wildman–Crippen MR) is 136 cm³/mol. The number of H-pyrrole nitrogens is 2. The van der Waals surface area contributed by atoms with Crippen LogP contribution in [0.4, 0.5) is 0 Å². The second-order valence-electron chi connectivity index (χ2n) is 8.12. The van der Waals surface area contributed by atoms with Crippen molar-refractivity contribution in [3.63, 3.8) is 0 Å². The summed E-state index contributed by atoms with van der Waals surface area (Å²) in [6.45, 7) is 1.60. The Hall–Kier alpha value is -4.23. The second kappa shape index (κ2) is 7.97. The van der Waals surface area contributed by atoms with E-state index < -0.39 is 0 Å². The van der Waals surface area contributed by atoms with Gasteiger partial charge in [-0.15, -0.1) is 11.3 Å². The Morgan fingerprint density at radius 1 is 0.941 bits per heavy atom. The highest BCUT2D eigenvalue weighted by molar-refractivity contribution is 7.17. The van der Waals surface area contributed by atoms with Crippen LogP contribution in [-0.4, -0.2) is 33.1 Å². The van der Waals surface area contributed by atoms with Gasteiger partial charge in [0, 0.05) is 38.5 Å². The quantitative estimate of drug-likeness (QED) is 0.278. The van der Waals surface area contributed by atoms with E-state index in [1.165, 1.54) is 11.3 Å². The zero-order valence-corrected chi connectivity index (χ0v) is 19.4. The molecule has 6 rings (SSSR count). The molecular weight excluding hydrogens is 444 g/mol. The monoisotopic (exact) mass is 464 g/mol. The molecule has 0 spiro atoms. The number of pyridine rings is 1. The molecule has 4 aromatic heterocycles. The lowest BCUT2D eigenvalue weighted by atomic mass is 10.0. The Kier molecular flexibility index (Phi) is 4.78. The van der Waals surface area contributed by atoms with Crippen LogP contribution in [0.5, 0.6) is 5.75 Å². The predicted octanol–water partition coefficient (Wildman–Crippen LogP) is 6.71. The van der Waals surface area contributed by atoms with Gasteiger partial charge in [0.15, 0.2) is 5.78 Å². The van der Waals surface area contributed by atoms with Crippen LogP contribution in [0.25, 0.3) is 54.8 Å². The van der Waals surface area contributed by atoms with Crippen LogP contribution in [0.1, 0.15) is 16.6 Å². The number of carbonyl (C=O) groups excluding carboxylic acids is 1. The number of ether oxygens (including phenoxy) is 1. The van der Waals surface area contributed by atoms with Gasteiger partial charge in [-0.1, -0.05) is 18.2 Å². The molecule has 7 heteroatoms. The topological polar surface area (TPSA) is 83.7 Å². The van der Waals surface area contributed by atoms with E-state index in [1.54, 1.807) is 20.2 Å². The molecule has 0 saturated heterocycles. The van der Waals surface area contributed by atoms with E-state index in [0.717, 1.165) is 65.4 Å². The van der Waals surface area contributed by atoms with Crippen molar-refractivity contribution in [2.24, 2.45) is 0 Å². The minimum absolute atomic E-state index is 0.0863. The molecule has 0 fully saturated rings. The fraction of sp³-hybridized carbons (Fsp3) is 0.0741. The average molecular weight is 465 g/mol. The number of ketones is 1. The number of benzene rings is 2. The van der Waals surface area contributed by atoms with E-state index in [-0.39, 0.29) is 5.78 Å². The molecule has 0 saturated carbocycles. The molecule has 166 valence electrons. The molecule has 0 radical (unpaired) electrons. The van der Waals surface area contributed by atoms with Crippen molar-refractivity contribution in [3.8, 4) is 38.7 Å². The van der Waals surface area contributed by atoms with Crippen LogP contribution in [0, 0.1) is 0 Å². The molecule has 0 aliphatic rings. The number of nitrogens with zero attached hydrogens (tertiary/aromatic N) is 2. The number of hydrogen-bond donors (Lipinski definition) is 2. The summed E-state index contributed by atoms with van der Waals surface area (Å²) in [4.78, 5) is 21.4. The summed E-state index contributed by atoms with van der Waals surface area (Å²) in [6, 6.07) is 20.4. The van der Waals surface area contributed by atoms with Crippen LogP contribution in [-0.2, 0) is 0 Å². The van der Waals surface area contributed by atoms with Crippen LogP contribution in [0.15, 0.2) is 73.1 Å². The van der Waals surface area contributed by atoms with Crippen LogP contribution in [0.3, 0.4) is 0 Å². The lowest BCUT2D eigenvalue weighted by Crippen LogP contribution is -1.86. The third-order valence-corrected chi connectivity index (χ3v) is 7.20. The van der Waals surface area contributed by atoms with Crippen molar-refractivity contribution in [1.29, 1.82) is 0 Å². The fourth-order valence-electron chi connectivity index (χ4n) is 4.26. The number of aromatic amines is 2. The highest BCUT2D eigenvalue weighted by Crippen LogP contribution is 2.37. The zero-order chi connectivity index (χ0) is 23.2. The molecule has 0 aliphatic heterocycles. The summed E-state index contributed by atoms with van der Waals surface area (Å²) < 4.78 is 5.33. The highest BCUT2D eigenvalue weighted by atomic mass is 32.1. The Balaban J connectivity index is 1.47. The summed E-state index contributed by atoms with van der Waals surface area (Å²) in [5.41, 5.74) is 6.87. The maximum absolute atomic E-state index is 11.8. The number of carbonyl (C=O) groups is 1. The molecule has 0 amide bonds. The lowest BCUT2D eigenvalue weighted by molar-refractivity contribution is 0.102. The molecule has 0 unspecified atom stereocenters. The van der Waals surface area contributed by atoms with Crippen molar-refractivity contribution < 1.29 is 9.53 Å². The average Bonchev–Trinajstić information content (AvgIpc) is 3.61. The number of rotatable bonds is 5. The Morgan fingerprint density at radius 2 is 1.85 bits per heavy atom. The summed E-state index contributed by atoms with van der Waals surface area (Å²) in [7, 11) is 1.64. The summed E-state index contributed by atoms with van der Waals surface area (Å²) >= 11 is 1.52. The van der Waals surface area contributed by atoms with Crippen molar-refractivity contribution in [2.75, 3.05) is 7.11 Å². The van der Waals surface area contributed by atoms with Gasteiger partial charge in [-0.3, -0.25) is 14.9 Å². The normalized spacial score (nSPS) is 11.4. The molecule has 6 aromatic rings. The molecule has 0 bridgehead atoms. The highest BCUT2D eigenvalue weighted by Gasteiger charge is 2.15. The number of nitrogens with one attached hydrogen (secondary N) is 2. The number of thiophene rings is 1. The second-order valence-corrected chi connectivity index (χ2v) is 9.20. The number of Topliss-reactive ketones (excluding diaryl/α,β-unsaturated/α-hetero) is 1. The lowest BCUT2D eigenvalue weighted by Gasteiger charge is -2.04. The SMILES string of the molecule is COc1cncc(-c2ccc3[nH]nc(-c4cc5c(-c6ccc(C(C)=O)s6)cccc5[nH]4)c3c2)c1. The number of hydrogen-bond acceptors (Lipinski definition) is 5. The zero-order valence-electron chi connectivity index (χ0n) is 18.5.